The highest BCUT2D eigenvalue weighted by molar-refractivity contribution is 5.95. The maximum absolute atomic E-state index is 11.6. The van der Waals surface area contributed by atoms with E-state index in [2.05, 4.69) is 27.8 Å². The number of carbonyl (C=O) groups is 2. The first-order valence-corrected chi connectivity index (χ1v) is 6.19. The van der Waals surface area contributed by atoms with Crippen LogP contribution in [0.15, 0.2) is 0 Å². The average molecular weight is 240 g/mol. The molecular formula is C11H20N4O2. The minimum absolute atomic E-state index is 0.225. The number of imide groups is 1. The van der Waals surface area contributed by atoms with Gasteiger partial charge in [-0.15, -0.1) is 0 Å². The van der Waals surface area contributed by atoms with Crippen molar-refractivity contribution in [3.63, 3.8) is 0 Å². The van der Waals surface area contributed by atoms with Gasteiger partial charge in [-0.1, -0.05) is 0 Å². The molecule has 3 amide bonds. The molecule has 0 aromatic carbocycles. The number of amides is 3. The fourth-order valence-electron chi connectivity index (χ4n) is 1.97. The predicted octanol–water partition coefficient (Wildman–Crippen LogP) is -0.732. The van der Waals surface area contributed by atoms with E-state index in [1.165, 1.54) is 0 Å². The Morgan fingerprint density at radius 3 is 2.82 bits per heavy atom. The third-order valence-electron chi connectivity index (χ3n) is 2.99. The summed E-state index contributed by atoms with van der Waals surface area (Å²) in [5.74, 6) is -0.225. The minimum atomic E-state index is -0.360. The van der Waals surface area contributed by atoms with E-state index < -0.39 is 0 Å². The lowest BCUT2D eigenvalue weighted by molar-refractivity contribution is -0.121. The third-order valence-corrected chi connectivity index (χ3v) is 2.99. The average Bonchev–Trinajstić information content (AvgIpc) is 3.00. The van der Waals surface area contributed by atoms with E-state index >= 15 is 0 Å². The molecule has 2 aliphatic rings. The number of nitrogens with one attached hydrogen (secondary N) is 3. The van der Waals surface area contributed by atoms with E-state index in [4.69, 9.17) is 0 Å². The molecule has 96 valence electrons. The van der Waals surface area contributed by atoms with Crippen molar-refractivity contribution in [1.82, 2.24) is 20.9 Å². The van der Waals surface area contributed by atoms with E-state index in [1.807, 2.05) is 0 Å². The summed E-state index contributed by atoms with van der Waals surface area (Å²) in [5.41, 5.74) is 0. The molecule has 0 bridgehead atoms. The Morgan fingerprint density at radius 2 is 2.18 bits per heavy atom. The molecule has 1 aliphatic carbocycles. The van der Waals surface area contributed by atoms with E-state index in [-0.39, 0.29) is 18.0 Å². The molecule has 2 fully saturated rings. The van der Waals surface area contributed by atoms with Gasteiger partial charge in [-0.2, -0.15) is 0 Å². The zero-order chi connectivity index (χ0) is 12.3. The van der Waals surface area contributed by atoms with Gasteiger partial charge >= 0.3 is 6.03 Å². The first-order chi connectivity index (χ1) is 8.13. The zero-order valence-electron chi connectivity index (χ0n) is 10.2. The van der Waals surface area contributed by atoms with Crippen molar-refractivity contribution in [3.8, 4) is 0 Å². The summed E-state index contributed by atoms with van der Waals surface area (Å²) < 4.78 is 0. The number of nitrogens with zero attached hydrogens (tertiary/aromatic N) is 1. The van der Waals surface area contributed by atoms with Crippen LogP contribution in [0.3, 0.4) is 0 Å². The van der Waals surface area contributed by atoms with Gasteiger partial charge in [0.15, 0.2) is 0 Å². The van der Waals surface area contributed by atoms with Gasteiger partial charge in [0, 0.05) is 31.7 Å². The molecule has 6 heteroatoms. The normalized spacial score (nSPS) is 25.4. The number of carbonyl (C=O) groups excluding carboxylic acids is 2. The van der Waals surface area contributed by atoms with Crippen LogP contribution in [0.25, 0.3) is 0 Å². The Morgan fingerprint density at radius 1 is 1.41 bits per heavy atom. The van der Waals surface area contributed by atoms with Crippen LogP contribution in [-0.2, 0) is 4.79 Å². The van der Waals surface area contributed by atoms with Crippen molar-refractivity contribution in [1.29, 1.82) is 0 Å². The van der Waals surface area contributed by atoms with E-state index in [1.54, 1.807) is 0 Å². The Labute approximate surface area is 101 Å². The van der Waals surface area contributed by atoms with Crippen molar-refractivity contribution < 1.29 is 9.59 Å². The van der Waals surface area contributed by atoms with E-state index in [0.717, 1.165) is 32.5 Å². The highest BCUT2D eigenvalue weighted by Gasteiger charge is 2.24. The molecule has 0 radical (unpaired) electrons. The lowest BCUT2D eigenvalue weighted by atomic mass is 10.2. The molecule has 1 heterocycles. The molecule has 0 aromatic rings. The summed E-state index contributed by atoms with van der Waals surface area (Å²) in [6.45, 7) is 4.97. The Kier molecular flexibility index (Phi) is 3.96. The van der Waals surface area contributed by atoms with Crippen molar-refractivity contribution >= 4 is 11.9 Å². The zero-order valence-corrected chi connectivity index (χ0v) is 10.2. The Balaban J connectivity index is 1.66. The fraction of sp³-hybridized carbons (Fsp3) is 0.818. The molecular weight excluding hydrogens is 220 g/mol. The predicted molar refractivity (Wildman–Crippen MR) is 63.6 cm³/mol. The first kappa shape index (κ1) is 12.3. The van der Waals surface area contributed by atoms with Crippen LogP contribution in [0.5, 0.6) is 0 Å². The van der Waals surface area contributed by atoms with Crippen molar-refractivity contribution in [2.75, 3.05) is 26.2 Å². The van der Waals surface area contributed by atoms with Crippen LogP contribution in [0.2, 0.25) is 0 Å². The summed E-state index contributed by atoms with van der Waals surface area (Å²) in [6.07, 6.45) is 2.05. The van der Waals surface area contributed by atoms with Crippen LogP contribution in [0.4, 0.5) is 4.79 Å². The second kappa shape index (κ2) is 5.46. The van der Waals surface area contributed by atoms with Crippen LogP contribution < -0.4 is 16.0 Å². The second-order valence-corrected chi connectivity index (χ2v) is 4.89. The lowest BCUT2D eigenvalue weighted by Crippen LogP contribution is -2.53. The highest BCUT2D eigenvalue weighted by Crippen LogP contribution is 2.18. The molecule has 1 saturated heterocycles. The molecule has 2 rings (SSSR count). The smallest absolute Gasteiger partial charge is 0.321 e. The van der Waals surface area contributed by atoms with Crippen LogP contribution in [-0.4, -0.2) is 55.1 Å². The summed E-state index contributed by atoms with van der Waals surface area (Å²) in [7, 11) is 0. The van der Waals surface area contributed by atoms with Gasteiger partial charge in [-0.05, 0) is 19.8 Å². The van der Waals surface area contributed by atoms with Crippen LogP contribution in [0, 0.1) is 0 Å². The SMILES string of the molecule is CC1CN(CC(=O)NC(=O)NC2CC2)CCN1. The van der Waals surface area contributed by atoms with Gasteiger partial charge in [0.25, 0.3) is 0 Å². The number of hydrogen-bond donors (Lipinski definition) is 3. The van der Waals surface area contributed by atoms with Crippen LogP contribution >= 0.6 is 0 Å². The Hall–Kier alpha value is -1.14. The van der Waals surface area contributed by atoms with Crippen LogP contribution in [0.1, 0.15) is 19.8 Å². The minimum Gasteiger partial charge on any atom is -0.335 e. The van der Waals surface area contributed by atoms with E-state index in [9.17, 15) is 9.59 Å². The number of urea groups is 1. The quantitative estimate of drug-likeness (QED) is 0.608. The largest absolute Gasteiger partial charge is 0.335 e. The molecule has 1 atom stereocenters. The van der Waals surface area contributed by atoms with Crippen molar-refractivity contribution in [2.45, 2.75) is 31.8 Å². The molecule has 3 N–H and O–H groups in total. The maximum atomic E-state index is 11.6. The molecule has 0 aromatic heterocycles. The number of piperazine rings is 1. The van der Waals surface area contributed by atoms with E-state index in [0.29, 0.717) is 12.6 Å². The second-order valence-electron chi connectivity index (χ2n) is 4.89. The van der Waals surface area contributed by atoms with Crippen molar-refractivity contribution in [2.24, 2.45) is 0 Å². The maximum Gasteiger partial charge on any atom is 0.321 e. The first-order valence-electron chi connectivity index (χ1n) is 6.19. The fourth-order valence-corrected chi connectivity index (χ4v) is 1.97. The van der Waals surface area contributed by atoms with Gasteiger partial charge in [0.2, 0.25) is 5.91 Å². The third kappa shape index (κ3) is 4.32. The molecule has 1 saturated carbocycles. The summed E-state index contributed by atoms with van der Waals surface area (Å²) in [6, 6.07) is 0.319. The van der Waals surface area contributed by atoms with Crippen molar-refractivity contribution in [3.05, 3.63) is 0 Å². The molecule has 6 nitrogen and oxygen atoms in total. The molecule has 0 spiro atoms. The summed E-state index contributed by atoms with van der Waals surface area (Å²) >= 11 is 0. The van der Waals surface area contributed by atoms with Gasteiger partial charge in [0.1, 0.15) is 0 Å². The number of rotatable bonds is 3. The molecule has 17 heavy (non-hydrogen) atoms. The van der Waals surface area contributed by atoms with Gasteiger partial charge in [-0.3, -0.25) is 15.0 Å². The topological polar surface area (TPSA) is 73.5 Å². The monoisotopic (exact) mass is 240 g/mol. The molecule has 1 aliphatic heterocycles. The van der Waals surface area contributed by atoms with Gasteiger partial charge < -0.3 is 10.6 Å². The molecule has 1 unspecified atom stereocenters. The lowest BCUT2D eigenvalue weighted by Gasteiger charge is -2.31. The number of hydrogen-bond acceptors (Lipinski definition) is 4. The van der Waals surface area contributed by atoms with Gasteiger partial charge in [-0.25, -0.2) is 4.79 Å². The Bertz CT molecular complexity index is 304. The highest BCUT2D eigenvalue weighted by atomic mass is 16.2. The van der Waals surface area contributed by atoms with Gasteiger partial charge in [0.05, 0.1) is 6.54 Å². The summed E-state index contributed by atoms with van der Waals surface area (Å²) in [5, 5.41) is 8.40. The standard InChI is InChI=1S/C11H20N4O2/c1-8-6-15(5-4-12-8)7-10(16)14-11(17)13-9-2-3-9/h8-9,12H,2-7H2,1H3,(H2,13,14,16,17). The summed E-state index contributed by atoms with van der Waals surface area (Å²) in [4.78, 5) is 25.0.